The summed E-state index contributed by atoms with van der Waals surface area (Å²) in [7, 11) is 0. The van der Waals surface area contributed by atoms with Crippen molar-refractivity contribution in [2.75, 3.05) is 0 Å². The van der Waals surface area contributed by atoms with Crippen molar-refractivity contribution >= 4 is 23.2 Å². The van der Waals surface area contributed by atoms with Crippen LogP contribution in [0.3, 0.4) is 0 Å². The Labute approximate surface area is 179 Å². The van der Waals surface area contributed by atoms with Crippen LogP contribution in [0.2, 0.25) is 5.02 Å². The smallest absolute Gasteiger partial charge is 0.145 e. The van der Waals surface area contributed by atoms with E-state index in [0.29, 0.717) is 11.6 Å². The standard InChI is InChI=1S/C13H15ClO.C13H16O/c1-9(2)12(15)13(7-8-13)10-3-5-11(14)6-4-10;1-10(2)12(14)13(8-9-13)11-6-4-3-5-7-11/h3-6,9H,7-8H2,1-2H3;3-7,10H,8-9H2,1-2H3. The molecule has 2 fully saturated rings. The minimum atomic E-state index is -0.182. The van der Waals surface area contributed by atoms with Crippen LogP contribution in [0.5, 0.6) is 0 Å². The summed E-state index contributed by atoms with van der Waals surface area (Å²) in [5, 5.41) is 0.728. The average molecular weight is 411 g/mol. The number of carbonyl (C=O) groups is 2. The van der Waals surface area contributed by atoms with Gasteiger partial charge in [0.1, 0.15) is 11.6 Å². The van der Waals surface area contributed by atoms with Crippen LogP contribution in [0.25, 0.3) is 0 Å². The Kier molecular flexibility index (Phi) is 6.33. The van der Waals surface area contributed by atoms with E-state index in [0.717, 1.165) is 36.3 Å². The number of hydrogen-bond acceptors (Lipinski definition) is 2. The SMILES string of the molecule is CC(C)C(=O)C1(c2ccc(Cl)cc2)CC1.CC(C)C(=O)C1(c2ccccc2)CC1. The molecule has 0 radical (unpaired) electrons. The van der Waals surface area contributed by atoms with Crippen LogP contribution in [0, 0.1) is 11.8 Å². The monoisotopic (exact) mass is 410 g/mol. The molecule has 0 unspecified atom stereocenters. The molecule has 29 heavy (non-hydrogen) atoms. The van der Waals surface area contributed by atoms with Crippen molar-refractivity contribution in [2.24, 2.45) is 11.8 Å². The Balaban J connectivity index is 0.000000166. The van der Waals surface area contributed by atoms with Gasteiger partial charge in [0, 0.05) is 16.9 Å². The highest BCUT2D eigenvalue weighted by molar-refractivity contribution is 6.30. The van der Waals surface area contributed by atoms with Crippen molar-refractivity contribution in [2.45, 2.75) is 64.2 Å². The van der Waals surface area contributed by atoms with Gasteiger partial charge in [0.05, 0.1) is 10.8 Å². The second-order valence-electron chi connectivity index (χ2n) is 9.08. The Hall–Kier alpha value is -1.93. The number of hydrogen-bond donors (Lipinski definition) is 0. The molecule has 2 aliphatic carbocycles. The second-order valence-corrected chi connectivity index (χ2v) is 9.51. The predicted molar refractivity (Wildman–Crippen MR) is 119 cm³/mol. The lowest BCUT2D eigenvalue weighted by Gasteiger charge is -2.16. The Bertz CT molecular complexity index is 857. The first kappa shape index (κ1) is 21.8. The summed E-state index contributed by atoms with van der Waals surface area (Å²) in [4.78, 5) is 24.1. The van der Waals surface area contributed by atoms with Crippen LogP contribution >= 0.6 is 11.6 Å². The van der Waals surface area contributed by atoms with Crippen LogP contribution in [0.4, 0.5) is 0 Å². The largest absolute Gasteiger partial charge is 0.298 e. The number of benzene rings is 2. The van der Waals surface area contributed by atoms with E-state index in [1.807, 2.05) is 70.2 Å². The maximum Gasteiger partial charge on any atom is 0.145 e. The van der Waals surface area contributed by atoms with Crippen LogP contribution in [-0.2, 0) is 20.4 Å². The lowest BCUT2D eigenvalue weighted by molar-refractivity contribution is -0.125. The zero-order valence-corrected chi connectivity index (χ0v) is 18.6. The van der Waals surface area contributed by atoms with Gasteiger partial charge in [-0.25, -0.2) is 0 Å². The molecule has 2 aromatic rings. The van der Waals surface area contributed by atoms with Gasteiger partial charge >= 0.3 is 0 Å². The predicted octanol–water partition coefficient (Wildman–Crippen LogP) is 6.54. The molecule has 0 saturated heterocycles. The van der Waals surface area contributed by atoms with Gasteiger partial charge in [0.15, 0.2) is 0 Å². The summed E-state index contributed by atoms with van der Waals surface area (Å²) in [6, 6.07) is 17.9. The van der Waals surface area contributed by atoms with Crippen molar-refractivity contribution < 1.29 is 9.59 Å². The highest BCUT2D eigenvalue weighted by Crippen LogP contribution is 2.51. The molecule has 0 heterocycles. The number of Topliss-reactive ketones (excluding diaryl/α,β-unsaturated/α-hetero) is 2. The zero-order valence-electron chi connectivity index (χ0n) is 17.9. The molecule has 0 amide bonds. The third-order valence-corrected chi connectivity index (χ3v) is 6.47. The van der Waals surface area contributed by atoms with Gasteiger partial charge in [0.2, 0.25) is 0 Å². The number of ketones is 2. The fourth-order valence-corrected chi connectivity index (χ4v) is 4.36. The third kappa shape index (κ3) is 4.48. The Morgan fingerprint density at radius 2 is 1.07 bits per heavy atom. The third-order valence-electron chi connectivity index (χ3n) is 6.22. The summed E-state index contributed by atoms with van der Waals surface area (Å²) in [6.07, 6.45) is 4.05. The molecule has 2 nitrogen and oxygen atoms in total. The van der Waals surface area contributed by atoms with E-state index in [-0.39, 0.29) is 22.7 Å². The molecular formula is C26H31ClO2. The van der Waals surface area contributed by atoms with E-state index >= 15 is 0 Å². The van der Waals surface area contributed by atoms with Crippen molar-refractivity contribution in [1.82, 2.24) is 0 Å². The van der Waals surface area contributed by atoms with Crippen LogP contribution in [-0.4, -0.2) is 11.6 Å². The molecule has 2 saturated carbocycles. The fraction of sp³-hybridized carbons (Fsp3) is 0.462. The first-order valence-corrected chi connectivity index (χ1v) is 11.0. The molecule has 0 aromatic heterocycles. The van der Waals surface area contributed by atoms with Gasteiger partial charge in [-0.2, -0.15) is 0 Å². The van der Waals surface area contributed by atoms with Gasteiger partial charge in [-0.15, -0.1) is 0 Å². The van der Waals surface area contributed by atoms with Crippen molar-refractivity contribution in [1.29, 1.82) is 0 Å². The van der Waals surface area contributed by atoms with E-state index in [2.05, 4.69) is 12.1 Å². The molecule has 3 heteroatoms. The quantitative estimate of drug-likeness (QED) is 0.541. The minimum absolute atomic E-state index is 0.114. The maximum absolute atomic E-state index is 12.1. The van der Waals surface area contributed by atoms with Crippen LogP contribution in [0.15, 0.2) is 54.6 Å². The van der Waals surface area contributed by atoms with Crippen molar-refractivity contribution in [3.63, 3.8) is 0 Å². The molecule has 154 valence electrons. The van der Waals surface area contributed by atoms with Gasteiger partial charge < -0.3 is 0 Å². The van der Waals surface area contributed by atoms with Crippen LogP contribution < -0.4 is 0 Å². The summed E-state index contributed by atoms with van der Waals surface area (Å²) < 4.78 is 0. The summed E-state index contributed by atoms with van der Waals surface area (Å²) in [6.45, 7) is 7.92. The molecule has 0 N–H and O–H groups in total. The minimum Gasteiger partial charge on any atom is -0.298 e. The van der Waals surface area contributed by atoms with Gasteiger partial charge in [-0.1, -0.05) is 81.8 Å². The summed E-state index contributed by atoms with van der Waals surface area (Å²) in [5.74, 6) is 1.04. The van der Waals surface area contributed by atoms with Gasteiger partial charge in [-0.3, -0.25) is 9.59 Å². The fourth-order valence-electron chi connectivity index (χ4n) is 4.24. The second kappa shape index (κ2) is 8.44. The van der Waals surface area contributed by atoms with E-state index in [1.165, 1.54) is 5.56 Å². The lowest BCUT2D eigenvalue weighted by Crippen LogP contribution is -2.25. The lowest BCUT2D eigenvalue weighted by atomic mass is 9.86. The normalized spacial score (nSPS) is 18.0. The average Bonchev–Trinajstić information content (AvgIpc) is 3.63. The number of carbonyl (C=O) groups excluding carboxylic acids is 2. The molecule has 2 aromatic carbocycles. The van der Waals surface area contributed by atoms with E-state index in [1.54, 1.807) is 0 Å². The zero-order chi connectivity index (χ0) is 21.2. The molecule has 0 aliphatic heterocycles. The molecule has 0 bridgehead atoms. The Morgan fingerprint density at radius 1 is 0.690 bits per heavy atom. The first-order chi connectivity index (χ1) is 13.7. The molecule has 0 spiro atoms. The molecular weight excluding hydrogens is 380 g/mol. The van der Waals surface area contributed by atoms with Crippen LogP contribution in [0.1, 0.15) is 64.5 Å². The molecule has 2 aliphatic rings. The topological polar surface area (TPSA) is 34.1 Å². The summed E-state index contributed by atoms with van der Waals surface area (Å²) in [5.41, 5.74) is 2.04. The Morgan fingerprint density at radius 3 is 1.41 bits per heavy atom. The van der Waals surface area contributed by atoms with Crippen molar-refractivity contribution in [3.05, 3.63) is 70.7 Å². The first-order valence-electron chi connectivity index (χ1n) is 10.6. The number of rotatable bonds is 6. The number of halogens is 1. The molecule has 0 atom stereocenters. The highest BCUT2D eigenvalue weighted by atomic mass is 35.5. The van der Waals surface area contributed by atoms with E-state index in [4.69, 9.17) is 11.6 Å². The van der Waals surface area contributed by atoms with E-state index in [9.17, 15) is 9.59 Å². The van der Waals surface area contributed by atoms with E-state index < -0.39 is 0 Å². The maximum atomic E-state index is 12.1. The highest BCUT2D eigenvalue weighted by Gasteiger charge is 2.51. The van der Waals surface area contributed by atoms with Gasteiger partial charge in [-0.05, 0) is 48.9 Å². The molecule has 4 rings (SSSR count). The van der Waals surface area contributed by atoms with Gasteiger partial charge in [0.25, 0.3) is 0 Å². The summed E-state index contributed by atoms with van der Waals surface area (Å²) >= 11 is 5.84. The van der Waals surface area contributed by atoms with Crippen molar-refractivity contribution in [3.8, 4) is 0 Å².